The Morgan fingerprint density at radius 2 is 2.03 bits per heavy atom. The van der Waals surface area contributed by atoms with E-state index in [2.05, 4.69) is 25.9 Å². The molecule has 0 saturated carbocycles. The summed E-state index contributed by atoms with van der Waals surface area (Å²) < 4.78 is 34.8. The molecule has 33 heavy (non-hydrogen) atoms. The van der Waals surface area contributed by atoms with Crippen LogP contribution in [0.15, 0.2) is 41.1 Å². The van der Waals surface area contributed by atoms with E-state index in [1.54, 1.807) is 26.0 Å². The van der Waals surface area contributed by atoms with Gasteiger partial charge in [0.05, 0.1) is 12.2 Å². The van der Waals surface area contributed by atoms with Crippen molar-refractivity contribution in [2.45, 2.75) is 32.7 Å². The molecule has 170 valence electrons. The average Bonchev–Trinajstić information content (AvgIpc) is 3.51. The molecule has 11 heteroatoms. The minimum atomic E-state index is -0.501. The highest BCUT2D eigenvalue weighted by molar-refractivity contribution is 6.00. The van der Waals surface area contributed by atoms with Crippen molar-refractivity contribution in [1.82, 2.24) is 19.8 Å². The van der Waals surface area contributed by atoms with Crippen LogP contribution in [0.5, 0.6) is 0 Å². The Labute approximate surface area is 187 Å². The van der Waals surface area contributed by atoms with E-state index in [0.717, 1.165) is 18.6 Å². The van der Waals surface area contributed by atoms with Gasteiger partial charge in [-0.05, 0) is 57.0 Å². The largest absolute Gasteiger partial charge is 0.359 e. The highest BCUT2D eigenvalue weighted by Crippen LogP contribution is 2.36. The SMILES string of the molecule is Cc1noc(C)c1NC(=O)Nc1cnc2ccc(N3CCCC3c3cc(F)ccc3F)nn12. The maximum Gasteiger partial charge on any atom is 0.325 e. The fourth-order valence-corrected chi connectivity index (χ4v) is 4.16. The van der Waals surface area contributed by atoms with Crippen LogP contribution in [-0.2, 0) is 0 Å². The van der Waals surface area contributed by atoms with Crippen molar-refractivity contribution < 1.29 is 18.1 Å². The Kier molecular flexibility index (Phi) is 5.15. The molecule has 0 radical (unpaired) electrons. The predicted octanol–water partition coefficient (Wildman–Crippen LogP) is 4.60. The summed E-state index contributed by atoms with van der Waals surface area (Å²) in [5.74, 6) is 0.484. The zero-order valence-corrected chi connectivity index (χ0v) is 18.0. The molecule has 1 aromatic carbocycles. The van der Waals surface area contributed by atoms with Crippen molar-refractivity contribution in [3.8, 4) is 0 Å². The summed E-state index contributed by atoms with van der Waals surface area (Å²) >= 11 is 0. The van der Waals surface area contributed by atoms with E-state index < -0.39 is 17.7 Å². The van der Waals surface area contributed by atoms with E-state index >= 15 is 0 Å². The van der Waals surface area contributed by atoms with Crippen LogP contribution < -0.4 is 15.5 Å². The molecular weight excluding hydrogens is 432 g/mol. The first-order valence-electron chi connectivity index (χ1n) is 10.5. The van der Waals surface area contributed by atoms with Gasteiger partial charge in [0.1, 0.15) is 28.8 Å². The molecule has 1 unspecified atom stereocenters. The van der Waals surface area contributed by atoms with Crippen molar-refractivity contribution in [1.29, 1.82) is 0 Å². The van der Waals surface area contributed by atoms with Crippen molar-refractivity contribution in [3.05, 3.63) is 65.2 Å². The Hall–Kier alpha value is -4.02. The van der Waals surface area contributed by atoms with Crippen molar-refractivity contribution in [2.24, 2.45) is 0 Å². The first-order valence-corrected chi connectivity index (χ1v) is 10.5. The molecule has 1 aliphatic rings. The summed E-state index contributed by atoms with van der Waals surface area (Å²) in [6.07, 6.45) is 2.98. The van der Waals surface area contributed by atoms with Crippen LogP contribution in [0.4, 0.5) is 30.9 Å². The lowest BCUT2D eigenvalue weighted by Gasteiger charge is -2.26. The summed E-state index contributed by atoms with van der Waals surface area (Å²) in [6.45, 7) is 4.07. The number of imidazole rings is 1. The number of hydrogen-bond acceptors (Lipinski definition) is 6. The Balaban J connectivity index is 1.42. The van der Waals surface area contributed by atoms with E-state index in [4.69, 9.17) is 4.52 Å². The zero-order chi connectivity index (χ0) is 23.1. The van der Waals surface area contributed by atoms with E-state index in [0.29, 0.717) is 53.0 Å². The number of nitrogens with zero attached hydrogens (tertiary/aromatic N) is 5. The molecule has 4 aromatic rings. The third-order valence-corrected chi connectivity index (χ3v) is 5.73. The number of anilines is 3. The second kappa shape index (κ2) is 8.15. The summed E-state index contributed by atoms with van der Waals surface area (Å²) in [7, 11) is 0. The lowest BCUT2D eigenvalue weighted by molar-refractivity contribution is 0.262. The summed E-state index contributed by atoms with van der Waals surface area (Å²) in [6, 6.07) is 6.20. The number of aromatic nitrogens is 4. The molecule has 3 aromatic heterocycles. The van der Waals surface area contributed by atoms with Crippen LogP contribution in [0.2, 0.25) is 0 Å². The zero-order valence-electron chi connectivity index (χ0n) is 18.0. The topological polar surface area (TPSA) is 101 Å². The average molecular weight is 453 g/mol. The van der Waals surface area contributed by atoms with Gasteiger partial charge in [-0.25, -0.2) is 18.6 Å². The number of hydrogen-bond donors (Lipinski definition) is 2. The fraction of sp³-hybridized carbons (Fsp3) is 0.273. The molecule has 5 rings (SSSR count). The van der Waals surface area contributed by atoms with Crippen LogP contribution in [-0.4, -0.2) is 32.3 Å². The van der Waals surface area contributed by atoms with Gasteiger partial charge in [0.25, 0.3) is 0 Å². The Bertz CT molecular complexity index is 1330. The number of rotatable bonds is 4. The number of benzene rings is 1. The number of fused-ring (bicyclic) bond motifs is 1. The summed E-state index contributed by atoms with van der Waals surface area (Å²) in [5.41, 5.74) is 1.88. The van der Waals surface area contributed by atoms with Gasteiger partial charge in [-0.15, -0.1) is 5.10 Å². The lowest BCUT2D eigenvalue weighted by Crippen LogP contribution is -2.25. The molecule has 9 nitrogen and oxygen atoms in total. The molecule has 0 spiro atoms. The van der Waals surface area contributed by atoms with Gasteiger partial charge in [-0.2, -0.15) is 4.52 Å². The van der Waals surface area contributed by atoms with E-state index in [1.165, 1.54) is 16.8 Å². The number of amides is 2. The number of carbonyl (C=O) groups is 1. The van der Waals surface area contributed by atoms with Crippen LogP contribution in [0, 0.1) is 25.5 Å². The molecule has 1 fully saturated rings. The molecule has 2 amide bonds. The normalized spacial score (nSPS) is 15.9. The Morgan fingerprint density at radius 3 is 2.82 bits per heavy atom. The lowest BCUT2D eigenvalue weighted by atomic mass is 10.0. The molecule has 0 aliphatic carbocycles. The van der Waals surface area contributed by atoms with Crippen molar-refractivity contribution >= 4 is 29.0 Å². The maximum atomic E-state index is 14.4. The molecule has 1 saturated heterocycles. The molecule has 4 heterocycles. The molecule has 1 atom stereocenters. The highest BCUT2D eigenvalue weighted by atomic mass is 19.1. The van der Waals surface area contributed by atoms with Gasteiger partial charge in [-0.3, -0.25) is 5.32 Å². The van der Waals surface area contributed by atoms with Gasteiger partial charge in [0.2, 0.25) is 0 Å². The second-order valence-corrected chi connectivity index (χ2v) is 7.90. The molecular formula is C22H21F2N7O2. The predicted molar refractivity (Wildman–Crippen MR) is 117 cm³/mol. The van der Waals surface area contributed by atoms with Gasteiger partial charge >= 0.3 is 6.03 Å². The molecule has 0 bridgehead atoms. The molecule has 1 aliphatic heterocycles. The first-order chi connectivity index (χ1) is 15.9. The van der Waals surface area contributed by atoms with Gasteiger partial charge in [0.15, 0.2) is 17.2 Å². The first kappa shape index (κ1) is 20.9. The van der Waals surface area contributed by atoms with Gasteiger partial charge in [0, 0.05) is 12.1 Å². The molecule has 2 N–H and O–H groups in total. The van der Waals surface area contributed by atoms with E-state index in [-0.39, 0.29) is 6.04 Å². The Morgan fingerprint density at radius 1 is 1.18 bits per heavy atom. The van der Waals surface area contributed by atoms with Crippen molar-refractivity contribution in [2.75, 3.05) is 22.1 Å². The quantitative estimate of drug-likeness (QED) is 0.469. The monoisotopic (exact) mass is 453 g/mol. The van der Waals surface area contributed by atoms with E-state index in [1.807, 2.05) is 4.90 Å². The van der Waals surface area contributed by atoms with Crippen LogP contribution in [0.25, 0.3) is 5.65 Å². The third-order valence-electron chi connectivity index (χ3n) is 5.73. The van der Waals surface area contributed by atoms with Crippen molar-refractivity contribution in [3.63, 3.8) is 0 Å². The number of halogens is 2. The standard InChI is InChI=1S/C22H21F2N7O2/c1-12-21(13(2)33-29-12)27-22(32)26-20-11-25-18-7-8-19(28-31(18)20)30-9-3-4-17(30)15-10-14(23)5-6-16(15)24/h5-8,10-11,17H,3-4,9H2,1-2H3,(H2,26,27,32). The fourth-order valence-electron chi connectivity index (χ4n) is 4.16. The van der Waals surface area contributed by atoms with E-state index in [9.17, 15) is 13.6 Å². The summed E-state index contributed by atoms with van der Waals surface area (Å²) in [4.78, 5) is 18.7. The minimum Gasteiger partial charge on any atom is -0.359 e. The number of carbonyl (C=O) groups excluding carboxylic acids is 1. The smallest absolute Gasteiger partial charge is 0.325 e. The summed E-state index contributed by atoms with van der Waals surface area (Å²) in [5, 5.41) is 13.9. The number of urea groups is 1. The van der Waals surface area contributed by atoms with Crippen LogP contribution in [0.3, 0.4) is 0 Å². The van der Waals surface area contributed by atoms with Gasteiger partial charge < -0.3 is 14.7 Å². The minimum absolute atomic E-state index is 0.303. The van der Waals surface area contributed by atoms with Gasteiger partial charge in [-0.1, -0.05) is 5.16 Å². The highest BCUT2D eigenvalue weighted by Gasteiger charge is 2.30. The second-order valence-electron chi connectivity index (χ2n) is 7.90. The third kappa shape index (κ3) is 3.86. The van der Waals surface area contributed by atoms with Crippen LogP contribution >= 0.6 is 0 Å². The number of aryl methyl sites for hydroxylation is 2. The number of nitrogens with one attached hydrogen (secondary N) is 2. The van der Waals surface area contributed by atoms with Crippen LogP contribution in [0.1, 0.15) is 35.9 Å². The maximum absolute atomic E-state index is 14.4.